The second-order valence-corrected chi connectivity index (χ2v) is 12.3. The van der Waals surface area contributed by atoms with Gasteiger partial charge in [-0.2, -0.15) is 0 Å². The van der Waals surface area contributed by atoms with E-state index in [-0.39, 0.29) is 31.9 Å². The zero-order valence-electron chi connectivity index (χ0n) is 11.6. The fourth-order valence-electron chi connectivity index (χ4n) is 2.20. The quantitative estimate of drug-likeness (QED) is 0.236. The van der Waals surface area contributed by atoms with Crippen molar-refractivity contribution in [3.05, 3.63) is 14.9 Å². The molecule has 0 aromatic rings. The standard InChI is InChI=1S/2C5H9Cl2P.2CH3.Fe/c2*6-8(7)5-3-1-2-4-5;;;/h2*5H,1-4H2;2*1H3;/q;;2*-1;+2. The predicted molar refractivity (Wildman–Crippen MR) is 94.6 cm³/mol. The average Bonchev–Trinajstić information content (AvgIpc) is 2.93. The average molecular weight is 428 g/mol. The second-order valence-electron chi connectivity index (χ2n) is 4.39. The van der Waals surface area contributed by atoms with Crippen molar-refractivity contribution in [1.82, 2.24) is 0 Å². The predicted octanol–water partition coefficient (Wildman–Crippen LogP) is 8.34. The smallest absolute Gasteiger partial charge is 0.358 e. The molecule has 0 aromatic heterocycles. The van der Waals surface area contributed by atoms with Crippen LogP contribution in [-0.2, 0) is 17.1 Å². The van der Waals surface area contributed by atoms with E-state index in [2.05, 4.69) is 0 Å². The number of halogens is 4. The summed E-state index contributed by atoms with van der Waals surface area (Å²) in [5.41, 5.74) is 1.32. The van der Waals surface area contributed by atoms with Crippen molar-refractivity contribution >= 4 is 58.2 Å². The van der Waals surface area contributed by atoms with Crippen molar-refractivity contribution in [3.8, 4) is 0 Å². The molecule has 118 valence electrons. The van der Waals surface area contributed by atoms with E-state index in [4.69, 9.17) is 45.0 Å². The van der Waals surface area contributed by atoms with E-state index in [0.29, 0.717) is 11.3 Å². The van der Waals surface area contributed by atoms with Crippen molar-refractivity contribution in [1.29, 1.82) is 0 Å². The molecular formula is C12H24Cl4FeP2. The summed E-state index contributed by atoms with van der Waals surface area (Å²) in [4.78, 5) is 0. The Morgan fingerprint density at radius 1 is 0.579 bits per heavy atom. The van der Waals surface area contributed by atoms with Gasteiger partial charge in [-0.15, -0.1) is 0 Å². The van der Waals surface area contributed by atoms with Gasteiger partial charge in [0.15, 0.2) is 0 Å². The van der Waals surface area contributed by atoms with Crippen molar-refractivity contribution in [2.75, 3.05) is 0 Å². The monoisotopic (exact) mass is 426 g/mol. The van der Waals surface area contributed by atoms with E-state index < -0.39 is 13.3 Å². The third-order valence-electron chi connectivity index (χ3n) is 3.20. The summed E-state index contributed by atoms with van der Waals surface area (Å²) in [5, 5.41) is 0. The Morgan fingerprint density at radius 2 is 0.789 bits per heavy atom. The van der Waals surface area contributed by atoms with Gasteiger partial charge in [-0.05, 0) is 25.7 Å². The van der Waals surface area contributed by atoms with Gasteiger partial charge >= 0.3 is 17.1 Å². The van der Waals surface area contributed by atoms with Gasteiger partial charge in [0.25, 0.3) is 0 Å². The van der Waals surface area contributed by atoms with Crippen LogP contribution in [0.25, 0.3) is 0 Å². The minimum Gasteiger partial charge on any atom is -0.358 e. The van der Waals surface area contributed by atoms with E-state index in [1.54, 1.807) is 0 Å². The van der Waals surface area contributed by atoms with E-state index >= 15 is 0 Å². The van der Waals surface area contributed by atoms with Crippen LogP contribution in [0.1, 0.15) is 51.4 Å². The first-order valence-electron chi connectivity index (χ1n) is 5.83. The van der Waals surface area contributed by atoms with Crippen LogP contribution in [0.2, 0.25) is 0 Å². The normalized spacial score (nSPS) is 19.3. The summed E-state index contributed by atoms with van der Waals surface area (Å²) in [6.45, 7) is -1.31. The molecule has 0 radical (unpaired) electrons. The molecular weight excluding hydrogens is 404 g/mol. The Kier molecular flexibility index (Phi) is 21.5. The van der Waals surface area contributed by atoms with Gasteiger partial charge in [0, 0.05) is 11.3 Å². The van der Waals surface area contributed by atoms with Gasteiger partial charge in [-0.1, -0.05) is 70.6 Å². The SMILES string of the molecule is ClP(Cl)C1CCCC1.ClP(Cl)C1CCCC1.[CH3-].[CH3-].[Fe+2]. The molecule has 19 heavy (non-hydrogen) atoms. The van der Waals surface area contributed by atoms with Gasteiger partial charge in [0.1, 0.15) is 0 Å². The Hall–Kier alpha value is 2.54. The number of rotatable bonds is 2. The molecule has 2 saturated carbocycles. The van der Waals surface area contributed by atoms with Crippen LogP contribution in [-0.4, -0.2) is 11.3 Å². The van der Waals surface area contributed by atoms with Gasteiger partial charge in [0.05, 0.1) is 13.3 Å². The first-order chi connectivity index (χ1) is 7.61. The summed E-state index contributed by atoms with van der Waals surface area (Å²) < 4.78 is 0. The minimum atomic E-state index is -0.657. The fraction of sp³-hybridized carbons (Fsp3) is 0.833. The summed E-state index contributed by atoms with van der Waals surface area (Å²) in [6, 6.07) is 0. The first kappa shape index (κ1) is 26.4. The molecule has 2 fully saturated rings. The zero-order valence-corrected chi connectivity index (χ0v) is 17.5. The number of hydrogen-bond acceptors (Lipinski definition) is 0. The minimum absolute atomic E-state index is 0. The first-order valence-corrected chi connectivity index (χ1v) is 12.3. The molecule has 0 atom stereocenters. The van der Waals surface area contributed by atoms with Crippen LogP contribution in [0.15, 0.2) is 0 Å². The van der Waals surface area contributed by atoms with Crippen LogP contribution < -0.4 is 0 Å². The molecule has 0 saturated heterocycles. The van der Waals surface area contributed by atoms with E-state index in [9.17, 15) is 0 Å². The molecule has 0 nitrogen and oxygen atoms in total. The van der Waals surface area contributed by atoms with E-state index in [1.807, 2.05) is 0 Å². The molecule has 0 aromatic carbocycles. The topological polar surface area (TPSA) is 0 Å². The van der Waals surface area contributed by atoms with Crippen LogP contribution in [0.5, 0.6) is 0 Å². The molecule has 2 rings (SSSR count). The van der Waals surface area contributed by atoms with Crippen LogP contribution >= 0.6 is 58.2 Å². The Balaban J connectivity index is -0.000000233. The van der Waals surface area contributed by atoms with Crippen molar-refractivity contribution in [3.63, 3.8) is 0 Å². The third-order valence-corrected chi connectivity index (χ3v) is 8.65. The molecule has 0 unspecified atom stereocenters. The molecule has 0 spiro atoms. The molecule has 0 heterocycles. The van der Waals surface area contributed by atoms with Crippen molar-refractivity contribution in [2.45, 2.75) is 62.7 Å². The summed E-state index contributed by atoms with van der Waals surface area (Å²) in [7, 11) is 0. The summed E-state index contributed by atoms with van der Waals surface area (Å²) in [6.07, 6.45) is 10.4. The fourth-order valence-corrected chi connectivity index (χ4v) is 6.05. The van der Waals surface area contributed by atoms with Gasteiger partial charge in [-0.3, -0.25) is 0 Å². The molecule has 0 N–H and O–H groups in total. The van der Waals surface area contributed by atoms with Gasteiger partial charge in [0.2, 0.25) is 0 Å². The molecule has 0 aliphatic heterocycles. The van der Waals surface area contributed by atoms with E-state index in [1.165, 1.54) is 51.4 Å². The zero-order chi connectivity index (χ0) is 12.0. The summed E-state index contributed by atoms with van der Waals surface area (Å²) >= 11 is 22.9. The molecule has 2 aliphatic carbocycles. The Bertz CT molecular complexity index is 165. The maximum Gasteiger partial charge on any atom is 2.00 e. The third kappa shape index (κ3) is 11.7. The van der Waals surface area contributed by atoms with Gasteiger partial charge in [-0.25, -0.2) is 0 Å². The Labute approximate surface area is 152 Å². The Morgan fingerprint density at radius 3 is 0.895 bits per heavy atom. The van der Waals surface area contributed by atoms with Crippen molar-refractivity contribution in [2.24, 2.45) is 0 Å². The molecule has 7 heteroatoms. The van der Waals surface area contributed by atoms with Crippen LogP contribution in [0, 0.1) is 14.9 Å². The number of hydrogen-bond donors (Lipinski definition) is 0. The van der Waals surface area contributed by atoms with Crippen molar-refractivity contribution < 1.29 is 17.1 Å². The largest absolute Gasteiger partial charge is 2.00 e. The second kappa shape index (κ2) is 15.4. The van der Waals surface area contributed by atoms with Crippen LogP contribution in [0.4, 0.5) is 0 Å². The maximum atomic E-state index is 5.71. The van der Waals surface area contributed by atoms with Crippen LogP contribution in [0.3, 0.4) is 0 Å². The molecule has 0 amide bonds. The molecule has 2 aliphatic rings. The van der Waals surface area contributed by atoms with Gasteiger partial charge < -0.3 is 14.9 Å². The summed E-state index contributed by atoms with van der Waals surface area (Å²) in [5.74, 6) is 0. The van der Waals surface area contributed by atoms with E-state index in [0.717, 1.165) is 0 Å². The maximum absolute atomic E-state index is 5.71. The molecule has 0 bridgehead atoms.